The van der Waals surface area contributed by atoms with Crippen molar-refractivity contribution in [2.45, 2.75) is 18.9 Å². The lowest BCUT2D eigenvalue weighted by Crippen LogP contribution is -2.40. The van der Waals surface area contributed by atoms with Gasteiger partial charge >= 0.3 is 0 Å². The smallest absolute Gasteiger partial charge is 0.253 e. The number of hydrogen-bond donors (Lipinski definition) is 2. The van der Waals surface area contributed by atoms with Gasteiger partial charge in [-0.1, -0.05) is 36.9 Å². The van der Waals surface area contributed by atoms with Gasteiger partial charge in [0, 0.05) is 24.8 Å². The summed E-state index contributed by atoms with van der Waals surface area (Å²) in [6.07, 6.45) is 4.87. The molecule has 1 fully saturated rings. The number of amides is 2. The maximum Gasteiger partial charge on any atom is 0.253 e. The lowest BCUT2D eigenvalue weighted by atomic mass is 10.0. The van der Waals surface area contributed by atoms with Crippen LogP contribution in [0.5, 0.6) is 11.5 Å². The molecule has 32 heavy (non-hydrogen) atoms. The van der Waals surface area contributed by atoms with Gasteiger partial charge in [0.2, 0.25) is 5.91 Å². The number of ether oxygens (including phenoxy) is 1. The van der Waals surface area contributed by atoms with E-state index in [4.69, 9.17) is 16.2 Å². The summed E-state index contributed by atoms with van der Waals surface area (Å²) in [7, 11) is 0. The second-order valence-corrected chi connectivity index (χ2v) is 7.80. The van der Waals surface area contributed by atoms with Gasteiger partial charge in [0.1, 0.15) is 17.3 Å². The Balaban J connectivity index is 1.63. The van der Waals surface area contributed by atoms with Crippen LogP contribution in [0.25, 0.3) is 11.1 Å². The van der Waals surface area contributed by atoms with Crippen LogP contribution in [-0.2, 0) is 4.79 Å². The number of primary amides is 1. The number of para-hydroxylation sites is 1. The standard InChI is InChI=1S/C25H26N4O3/c1-2-22(30)28-14-6-7-18(15-28)29-16-21(23(24(29)26)25(27)31)17-10-12-20(13-11-17)32-19-8-4-3-5-9-19/h2-5,8-13,16,18H,1,6-7,14-15,26H2,(H2,27,31). The average molecular weight is 431 g/mol. The van der Waals surface area contributed by atoms with Gasteiger partial charge in [-0.2, -0.15) is 0 Å². The Bertz CT molecular complexity index is 1140. The zero-order valence-corrected chi connectivity index (χ0v) is 17.7. The molecule has 164 valence electrons. The highest BCUT2D eigenvalue weighted by atomic mass is 16.5. The van der Waals surface area contributed by atoms with Crippen LogP contribution in [0.3, 0.4) is 0 Å². The fraction of sp³-hybridized carbons (Fsp3) is 0.200. The van der Waals surface area contributed by atoms with Crippen molar-refractivity contribution in [2.24, 2.45) is 5.73 Å². The van der Waals surface area contributed by atoms with Crippen molar-refractivity contribution in [2.75, 3.05) is 18.8 Å². The molecule has 0 spiro atoms. The summed E-state index contributed by atoms with van der Waals surface area (Å²) in [5.41, 5.74) is 13.8. The number of likely N-dealkylation sites (tertiary alicyclic amines) is 1. The molecule has 1 aliphatic heterocycles. The predicted octanol–water partition coefficient (Wildman–Crippen LogP) is 3.98. The number of nitrogen functional groups attached to an aromatic ring is 1. The zero-order chi connectivity index (χ0) is 22.7. The number of piperidine rings is 1. The van der Waals surface area contributed by atoms with E-state index in [2.05, 4.69) is 6.58 Å². The van der Waals surface area contributed by atoms with Crippen molar-refractivity contribution >= 4 is 17.6 Å². The van der Waals surface area contributed by atoms with Crippen LogP contribution in [0.15, 0.2) is 73.4 Å². The van der Waals surface area contributed by atoms with Crippen molar-refractivity contribution in [1.82, 2.24) is 9.47 Å². The number of nitrogens with zero attached hydrogens (tertiary/aromatic N) is 2. The normalized spacial score (nSPS) is 15.9. The van der Waals surface area contributed by atoms with Gasteiger partial charge in [0.25, 0.3) is 5.91 Å². The molecule has 0 saturated carbocycles. The van der Waals surface area contributed by atoms with Crippen molar-refractivity contribution in [3.05, 3.63) is 79.0 Å². The molecule has 1 aliphatic rings. The molecule has 1 unspecified atom stereocenters. The molecule has 0 aliphatic carbocycles. The summed E-state index contributed by atoms with van der Waals surface area (Å²) in [4.78, 5) is 26.1. The van der Waals surface area contributed by atoms with E-state index in [1.807, 2.05) is 65.4 Å². The molecule has 7 heteroatoms. The highest BCUT2D eigenvalue weighted by molar-refractivity contribution is 6.04. The molecule has 3 aromatic rings. The summed E-state index contributed by atoms with van der Waals surface area (Å²) in [6.45, 7) is 4.76. The van der Waals surface area contributed by atoms with Gasteiger partial charge in [-0.3, -0.25) is 9.59 Å². The SMILES string of the molecule is C=CC(=O)N1CCCC(n2cc(-c3ccc(Oc4ccccc4)cc3)c(C(N)=O)c2N)C1. The molecule has 1 saturated heterocycles. The van der Waals surface area contributed by atoms with Gasteiger partial charge in [0.05, 0.1) is 11.6 Å². The first-order valence-corrected chi connectivity index (χ1v) is 10.5. The molecule has 0 bridgehead atoms. The summed E-state index contributed by atoms with van der Waals surface area (Å²) in [6, 6.07) is 16.9. The molecule has 4 rings (SSSR count). The first kappa shape index (κ1) is 21.2. The van der Waals surface area contributed by atoms with E-state index in [0.29, 0.717) is 30.2 Å². The van der Waals surface area contributed by atoms with E-state index in [-0.39, 0.29) is 17.5 Å². The Morgan fingerprint density at radius 2 is 1.75 bits per heavy atom. The number of anilines is 1. The molecular weight excluding hydrogens is 404 g/mol. The Hall–Kier alpha value is -4.00. The lowest BCUT2D eigenvalue weighted by molar-refractivity contribution is -0.127. The minimum Gasteiger partial charge on any atom is -0.457 e. The predicted molar refractivity (Wildman–Crippen MR) is 124 cm³/mol. The van der Waals surface area contributed by atoms with E-state index in [1.54, 1.807) is 4.90 Å². The summed E-state index contributed by atoms with van der Waals surface area (Å²) in [5, 5.41) is 0. The number of hydrogen-bond acceptors (Lipinski definition) is 4. The Morgan fingerprint density at radius 1 is 1.06 bits per heavy atom. The maximum atomic E-state index is 12.3. The average Bonchev–Trinajstić information content (AvgIpc) is 3.17. The monoisotopic (exact) mass is 430 g/mol. The molecule has 0 radical (unpaired) electrons. The van der Waals surface area contributed by atoms with Crippen LogP contribution >= 0.6 is 0 Å². The highest BCUT2D eigenvalue weighted by Gasteiger charge is 2.28. The largest absolute Gasteiger partial charge is 0.457 e. The highest BCUT2D eigenvalue weighted by Crippen LogP contribution is 2.35. The fourth-order valence-electron chi connectivity index (χ4n) is 4.16. The molecule has 2 amide bonds. The van der Waals surface area contributed by atoms with Crippen LogP contribution in [-0.4, -0.2) is 34.4 Å². The second-order valence-electron chi connectivity index (χ2n) is 7.80. The number of nitrogens with two attached hydrogens (primary N) is 2. The Kier molecular flexibility index (Phi) is 5.98. The van der Waals surface area contributed by atoms with Crippen LogP contribution in [0.2, 0.25) is 0 Å². The maximum absolute atomic E-state index is 12.3. The van der Waals surface area contributed by atoms with Crippen molar-refractivity contribution < 1.29 is 14.3 Å². The molecule has 1 atom stereocenters. The van der Waals surface area contributed by atoms with Gasteiger partial charge in [0.15, 0.2) is 0 Å². The first-order chi connectivity index (χ1) is 15.5. The van der Waals surface area contributed by atoms with E-state index < -0.39 is 5.91 Å². The summed E-state index contributed by atoms with van der Waals surface area (Å²) in [5.74, 6) is 1.04. The second kappa shape index (κ2) is 9.01. The van der Waals surface area contributed by atoms with Crippen LogP contribution in [0, 0.1) is 0 Å². The lowest BCUT2D eigenvalue weighted by Gasteiger charge is -2.33. The van der Waals surface area contributed by atoms with E-state index >= 15 is 0 Å². The number of benzene rings is 2. The van der Waals surface area contributed by atoms with Gasteiger partial charge in [-0.05, 0) is 48.7 Å². The number of carbonyl (C=O) groups excluding carboxylic acids is 2. The molecule has 2 aromatic carbocycles. The Morgan fingerprint density at radius 3 is 2.41 bits per heavy atom. The number of aromatic nitrogens is 1. The van der Waals surface area contributed by atoms with E-state index in [0.717, 1.165) is 24.2 Å². The van der Waals surface area contributed by atoms with Crippen LogP contribution in [0.1, 0.15) is 29.2 Å². The topological polar surface area (TPSA) is 104 Å². The van der Waals surface area contributed by atoms with Gasteiger partial charge in [-0.15, -0.1) is 0 Å². The summed E-state index contributed by atoms with van der Waals surface area (Å²) >= 11 is 0. The molecule has 2 heterocycles. The number of carbonyl (C=O) groups is 2. The third-order valence-corrected chi connectivity index (χ3v) is 5.74. The zero-order valence-electron chi connectivity index (χ0n) is 17.7. The Labute approximate surface area is 186 Å². The van der Waals surface area contributed by atoms with Gasteiger partial charge < -0.3 is 25.7 Å². The fourth-order valence-corrected chi connectivity index (χ4v) is 4.16. The van der Waals surface area contributed by atoms with Gasteiger partial charge in [-0.25, -0.2) is 0 Å². The molecular formula is C25H26N4O3. The molecule has 1 aromatic heterocycles. The third kappa shape index (κ3) is 4.23. The first-order valence-electron chi connectivity index (χ1n) is 10.5. The molecule has 7 nitrogen and oxygen atoms in total. The molecule has 4 N–H and O–H groups in total. The van der Waals surface area contributed by atoms with Crippen molar-refractivity contribution in [1.29, 1.82) is 0 Å². The quantitative estimate of drug-likeness (QED) is 0.577. The number of rotatable bonds is 6. The van der Waals surface area contributed by atoms with E-state index in [1.165, 1.54) is 6.08 Å². The van der Waals surface area contributed by atoms with Crippen LogP contribution < -0.4 is 16.2 Å². The van der Waals surface area contributed by atoms with Crippen molar-refractivity contribution in [3.8, 4) is 22.6 Å². The van der Waals surface area contributed by atoms with E-state index in [9.17, 15) is 9.59 Å². The van der Waals surface area contributed by atoms with Crippen LogP contribution in [0.4, 0.5) is 5.82 Å². The minimum absolute atomic E-state index is 0.0415. The third-order valence-electron chi connectivity index (χ3n) is 5.74. The minimum atomic E-state index is -0.587. The van der Waals surface area contributed by atoms with Crippen molar-refractivity contribution in [3.63, 3.8) is 0 Å². The summed E-state index contributed by atoms with van der Waals surface area (Å²) < 4.78 is 7.72.